The molecule has 2 rings (SSSR count). The summed E-state index contributed by atoms with van der Waals surface area (Å²) in [6.45, 7) is 2.16. The van der Waals surface area contributed by atoms with Crippen LogP contribution in [0.2, 0.25) is 0 Å². The topological polar surface area (TPSA) is 46.4 Å². The van der Waals surface area contributed by atoms with Gasteiger partial charge >= 0.3 is 0 Å². The molecule has 2 atom stereocenters. The molecule has 0 aromatic carbocycles. The maximum absolute atomic E-state index is 10.9. The fraction of sp³-hybridized carbons (Fsp3) is 1.00. The lowest BCUT2D eigenvalue weighted by Crippen LogP contribution is -2.50. The van der Waals surface area contributed by atoms with Gasteiger partial charge in [-0.15, -0.1) is 0 Å². The number of nitro groups is 1. The number of piperidine rings is 1. The fourth-order valence-corrected chi connectivity index (χ4v) is 2.85. The zero-order valence-electron chi connectivity index (χ0n) is 8.52. The lowest BCUT2D eigenvalue weighted by atomic mass is 9.94. The van der Waals surface area contributed by atoms with Gasteiger partial charge in [0.2, 0.25) is 6.04 Å². The van der Waals surface area contributed by atoms with Crippen molar-refractivity contribution in [2.75, 3.05) is 13.1 Å². The third-order valence-electron chi connectivity index (χ3n) is 3.57. The van der Waals surface area contributed by atoms with E-state index in [0.717, 1.165) is 32.4 Å². The molecule has 4 heteroatoms. The summed E-state index contributed by atoms with van der Waals surface area (Å²) in [6, 6.07) is -0.0527. The molecule has 0 N–H and O–H groups in total. The Bertz CT molecular complexity index is 220. The zero-order valence-corrected chi connectivity index (χ0v) is 8.52. The Morgan fingerprint density at radius 3 is 2.64 bits per heavy atom. The zero-order chi connectivity index (χ0) is 9.97. The standard InChI is InChI=1S/C10H18N2O2/c13-12(14)10-6-4-8-11-7-3-1-2-5-9(10)11/h9-10H,1-8H2/t9-,10+/m1/s1. The molecule has 0 unspecified atom stereocenters. The molecule has 0 aromatic heterocycles. The minimum atomic E-state index is -0.290. The quantitative estimate of drug-likeness (QED) is 0.475. The van der Waals surface area contributed by atoms with E-state index in [2.05, 4.69) is 4.90 Å². The van der Waals surface area contributed by atoms with Crippen molar-refractivity contribution in [2.24, 2.45) is 0 Å². The SMILES string of the molecule is O=[N+]([O-])[C@H]1CCCN2CCCCC[C@H]12. The van der Waals surface area contributed by atoms with Crippen LogP contribution in [-0.4, -0.2) is 35.0 Å². The van der Waals surface area contributed by atoms with Gasteiger partial charge in [0.1, 0.15) is 0 Å². The van der Waals surface area contributed by atoms with Gasteiger partial charge in [-0.1, -0.05) is 12.8 Å². The summed E-state index contributed by atoms with van der Waals surface area (Å²) in [5.41, 5.74) is 0. The molecule has 2 saturated heterocycles. The molecule has 0 spiro atoms. The van der Waals surface area contributed by atoms with Crippen molar-refractivity contribution in [1.29, 1.82) is 0 Å². The van der Waals surface area contributed by atoms with Gasteiger partial charge in [0.05, 0.1) is 6.04 Å². The maximum Gasteiger partial charge on any atom is 0.228 e. The van der Waals surface area contributed by atoms with Crippen LogP contribution in [0.15, 0.2) is 0 Å². The third kappa shape index (κ3) is 1.90. The van der Waals surface area contributed by atoms with E-state index in [4.69, 9.17) is 0 Å². The Hall–Kier alpha value is -0.640. The predicted octanol–water partition coefficient (Wildman–Crippen LogP) is 1.67. The highest BCUT2D eigenvalue weighted by Crippen LogP contribution is 2.27. The van der Waals surface area contributed by atoms with Crippen molar-refractivity contribution in [2.45, 2.75) is 50.6 Å². The number of fused-ring (bicyclic) bond motifs is 1. The number of hydrogen-bond donors (Lipinski definition) is 0. The molecular formula is C10H18N2O2. The van der Waals surface area contributed by atoms with Crippen LogP contribution in [-0.2, 0) is 0 Å². The highest BCUT2D eigenvalue weighted by atomic mass is 16.6. The van der Waals surface area contributed by atoms with E-state index in [0.29, 0.717) is 0 Å². The second-order valence-electron chi connectivity index (χ2n) is 4.45. The van der Waals surface area contributed by atoms with Crippen molar-refractivity contribution < 1.29 is 4.92 Å². The van der Waals surface area contributed by atoms with Gasteiger partial charge < -0.3 is 0 Å². The minimum absolute atomic E-state index is 0.0534. The van der Waals surface area contributed by atoms with E-state index in [9.17, 15) is 10.1 Å². The summed E-state index contributed by atoms with van der Waals surface area (Å²) in [7, 11) is 0. The van der Waals surface area contributed by atoms with E-state index >= 15 is 0 Å². The average Bonchev–Trinajstić information content (AvgIpc) is 2.41. The molecule has 2 aliphatic rings. The summed E-state index contributed by atoms with van der Waals surface area (Å²) in [4.78, 5) is 13.2. The van der Waals surface area contributed by atoms with E-state index in [-0.39, 0.29) is 17.0 Å². The Morgan fingerprint density at radius 2 is 1.86 bits per heavy atom. The molecule has 2 fully saturated rings. The molecule has 0 aromatic rings. The van der Waals surface area contributed by atoms with Crippen LogP contribution >= 0.6 is 0 Å². The molecule has 0 aliphatic carbocycles. The van der Waals surface area contributed by atoms with Gasteiger partial charge in [0, 0.05) is 11.3 Å². The predicted molar refractivity (Wildman–Crippen MR) is 53.8 cm³/mol. The summed E-state index contributed by atoms with van der Waals surface area (Å²) < 4.78 is 0. The molecule has 2 heterocycles. The van der Waals surface area contributed by atoms with Gasteiger partial charge in [-0.3, -0.25) is 15.0 Å². The molecular weight excluding hydrogens is 180 g/mol. The largest absolute Gasteiger partial charge is 0.294 e. The Labute approximate surface area is 84.4 Å². The average molecular weight is 198 g/mol. The summed E-state index contributed by atoms with van der Waals surface area (Å²) in [5, 5.41) is 10.9. The van der Waals surface area contributed by atoms with Gasteiger partial charge in [0.25, 0.3) is 0 Å². The first-order valence-corrected chi connectivity index (χ1v) is 5.66. The molecule has 0 saturated carbocycles. The minimum Gasteiger partial charge on any atom is -0.294 e. The van der Waals surface area contributed by atoms with Crippen LogP contribution in [0, 0.1) is 10.1 Å². The molecule has 2 aliphatic heterocycles. The number of hydrogen-bond acceptors (Lipinski definition) is 3. The van der Waals surface area contributed by atoms with E-state index in [1.54, 1.807) is 0 Å². The summed E-state index contributed by atoms with van der Waals surface area (Å²) in [6.07, 6.45) is 6.46. The lowest BCUT2D eigenvalue weighted by Gasteiger charge is -2.35. The van der Waals surface area contributed by atoms with Crippen molar-refractivity contribution in [3.63, 3.8) is 0 Å². The summed E-state index contributed by atoms with van der Waals surface area (Å²) >= 11 is 0. The first kappa shape index (κ1) is 9.90. The maximum atomic E-state index is 10.9. The van der Waals surface area contributed by atoms with Crippen molar-refractivity contribution in [3.05, 3.63) is 10.1 Å². The highest BCUT2D eigenvalue weighted by Gasteiger charge is 2.39. The smallest absolute Gasteiger partial charge is 0.228 e. The van der Waals surface area contributed by atoms with Crippen LogP contribution < -0.4 is 0 Å². The molecule has 4 nitrogen and oxygen atoms in total. The first-order valence-electron chi connectivity index (χ1n) is 5.66. The van der Waals surface area contributed by atoms with Crippen LogP contribution in [0.5, 0.6) is 0 Å². The highest BCUT2D eigenvalue weighted by molar-refractivity contribution is 4.86. The number of nitrogens with zero attached hydrogens (tertiary/aromatic N) is 2. The van der Waals surface area contributed by atoms with E-state index < -0.39 is 0 Å². The first-order chi connectivity index (χ1) is 6.79. The lowest BCUT2D eigenvalue weighted by molar-refractivity contribution is -0.534. The Morgan fingerprint density at radius 1 is 1.07 bits per heavy atom. The van der Waals surface area contributed by atoms with Crippen LogP contribution in [0.1, 0.15) is 38.5 Å². The molecule has 14 heavy (non-hydrogen) atoms. The van der Waals surface area contributed by atoms with E-state index in [1.165, 1.54) is 19.3 Å². The number of rotatable bonds is 1. The van der Waals surface area contributed by atoms with Crippen molar-refractivity contribution >= 4 is 0 Å². The molecule has 0 radical (unpaired) electrons. The second kappa shape index (κ2) is 4.26. The normalized spacial score (nSPS) is 34.6. The monoisotopic (exact) mass is 198 g/mol. The van der Waals surface area contributed by atoms with Gasteiger partial charge in [-0.2, -0.15) is 0 Å². The van der Waals surface area contributed by atoms with Gasteiger partial charge in [-0.25, -0.2) is 0 Å². The molecule has 80 valence electrons. The Kier molecular flexibility index (Phi) is 3.01. The van der Waals surface area contributed by atoms with Crippen LogP contribution in [0.3, 0.4) is 0 Å². The molecule has 0 amide bonds. The fourth-order valence-electron chi connectivity index (χ4n) is 2.85. The third-order valence-corrected chi connectivity index (χ3v) is 3.57. The van der Waals surface area contributed by atoms with Gasteiger partial charge in [-0.05, 0) is 32.4 Å². The summed E-state index contributed by atoms with van der Waals surface area (Å²) in [5.74, 6) is 0. The van der Waals surface area contributed by atoms with Gasteiger partial charge in [0.15, 0.2) is 0 Å². The van der Waals surface area contributed by atoms with Crippen LogP contribution in [0.25, 0.3) is 0 Å². The Balaban J connectivity index is 2.08. The van der Waals surface area contributed by atoms with Crippen molar-refractivity contribution in [1.82, 2.24) is 4.90 Å². The second-order valence-corrected chi connectivity index (χ2v) is 4.45. The van der Waals surface area contributed by atoms with E-state index in [1.807, 2.05) is 0 Å². The van der Waals surface area contributed by atoms with Crippen molar-refractivity contribution in [3.8, 4) is 0 Å². The van der Waals surface area contributed by atoms with Crippen LogP contribution in [0.4, 0.5) is 0 Å². The molecule has 0 bridgehead atoms.